The molecule has 1 amide bonds. The molecule has 7 heteroatoms. The van der Waals surface area contributed by atoms with Crippen molar-refractivity contribution in [1.29, 1.82) is 0 Å². The highest BCUT2D eigenvalue weighted by Crippen LogP contribution is 2.20. The van der Waals surface area contributed by atoms with E-state index in [2.05, 4.69) is 22.4 Å². The molecule has 1 aromatic heterocycles. The maximum atomic E-state index is 12.4. The number of hydrogen-bond acceptors (Lipinski definition) is 3. The van der Waals surface area contributed by atoms with Crippen LogP contribution in [0.3, 0.4) is 0 Å². The molecule has 2 aromatic rings. The van der Waals surface area contributed by atoms with Crippen LogP contribution in [0, 0.1) is 0 Å². The fourth-order valence-corrected chi connectivity index (χ4v) is 2.61. The third kappa shape index (κ3) is 3.61. The zero-order valence-electron chi connectivity index (χ0n) is 12.2. The molecule has 0 radical (unpaired) electrons. The van der Waals surface area contributed by atoms with Crippen molar-refractivity contribution in [1.82, 2.24) is 20.4 Å². The lowest BCUT2D eigenvalue weighted by atomic mass is 10.1. The number of aromatic nitrogens is 2. The number of halogens is 2. The molecule has 0 bridgehead atoms. The Labute approximate surface area is 140 Å². The van der Waals surface area contributed by atoms with E-state index in [-0.39, 0.29) is 18.3 Å². The van der Waals surface area contributed by atoms with Crippen LogP contribution in [0.15, 0.2) is 30.3 Å². The van der Waals surface area contributed by atoms with Crippen LogP contribution in [0.25, 0.3) is 11.3 Å². The van der Waals surface area contributed by atoms with Gasteiger partial charge in [-0.2, -0.15) is 5.10 Å². The van der Waals surface area contributed by atoms with Gasteiger partial charge in [0.05, 0.1) is 5.69 Å². The van der Waals surface area contributed by atoms with E-state index in [1.165, 1.54) is 0 Å². The SMILES string of the molecule is CC1CN(C(=O)c2cc(-c3ccc(Cl)cc3)n[nH]2)CCN1.Cl. The van der Waals surface area contributed by atoms with Gasteiger partial charge in [-0.25, -0.2) is 0 Å². The largest absolute Gasteiger partial charge is 0.335 e. The fourth-order valence-electron chi connectivity index (χ4n) is 2.49. The molecular weight excluding hydrogens is 323 g/mol. The summed E-state index contributed by atoms with van der Waals surface area (Å²) in [5.74, 6) is -0.00364. The van der Waals surface area contributed by atoms with Crippen molar-refractivity contribution < 1.29 is 4.79 Å². The quantitative estimate of drug-likeness (QED) is 0.883. The van der Waals surface area contributed by atoms with Crippen LogP contribution in [0.2, 0.25) is 5.02 Å². The first-order chi connectivity index (χ1) is 10.1. The molecule has 3 rings (SSSR count). The van der Waals surface area contributed by atoms with E-state index >= 15 is 0 Å². The minimum absolute atomic E-state index is 0. The van der Waals surface area contributed by atoms with Gasteiger partial charge in [-0.1, -0.05) is 23.7 Å². The molecule has 118 valence electrons. The van der Waals surface area contributed by atoms with E-state index in [1.54, 1.807) is 6.07 Å². The monoisotopic (exact) mass is 340 g/mol. The average molecular weight is 341 g/mol. The molecule has 1 saturated heterocycles. The van der Waals surface area contributed by atoms with Crippen molar-refractivity contribution in [2.75, 3.05) is 19.6 Å². The molecule has 1 fully saturated rings. The Balaban J connectivity index is 0.00000176. The van der Waals surface area contributed by atoms with E-state index in [1.807, 2.05) is 29.2 Å². The highest BCUT2D eigenvalue weighted by atomic mass is 35.5. The summed E-state index contributed by atoms with van der Waals surface area (Å²) >= 11 is 5.88. The summed E-state index contributed by atoms with van der Waals surface area (Å²) in [4.78, 5) is 14.3. The highest BCUT2D eigenvalue weighted by molar-refractivity contribution is 6.30. The third-order valence-corrected chi connectivity index (χ3v) is 3.86. The van der Waals surface area contributed by atoms with Gasteiger partial charge in [-0.3, -0.25) is 9.89 Å². The minimum atomic E-state index is -0.00364. The van der Waals surface area contributed by atoms with Gasteiger partial charge in [-0.05, 0) is 25.1 Å². The lowest BCUT2D eigenvalue weighted by molar-refractivity contribution is 0.0703. The molecule has 1 unspecified atom stereocenters. The number of nitrogens with zero attached hydrogens (tertiary/aromatic N) is 2. The number of rotatable bonds is 2. The molecule has 0 saturated carbocycles. The van der Waals surface area contributed by atoms with E-state index in [0.29, 0.717) is 23.3 Å². The second kappa shape index (κ2) is 7.13. The molecule has 1 aromatic carbocycles. The summed E-state index contributed by atoms with van der Waals surface area (Å²) in [6.45, 7) is 4.34. The molecule has 0 aliphatic carbocycles. The molecule has 1 atom stereocenters. The Morgan fingerprint density at radius 3 is 2.77 bits per heavy atom. The number of benzene rings is 1. The fraction of sp³-hybridized carbons (Fsp3) is 0.333. The smallest absolute Gasteiger partial charge is 0.271 e. The van der Waals surface area contributed by atoms with Crippen molar-refractivity contribution in [2.24, 2.45) is 0 Å². The van der Waals surface area contributed by atoms with Crippen LogP contribution in [-0.4, -0.2) is 46.7 Å². The molecular formula is C15H18Cl2N4O. The van der Waals surface area contributed by atoms with Crippen LogP contribution in [0.5, 0.6) is 0 Å². The van der Waals surface area contributed by atoms with Crippen molar-refractivity contribution in [3.05, 3.63) is 41.0 Å². The van der Waals surface area contributed by atoms with Crippen LogP contribution in [-0.2, 0) is 0 Å². The van der Waals surface area contributed by atoms with Gasteiger partial charge in [0.1, 0.15) is 5.69 Å². The summed E-state index contributed by atoms with van der Waals surface area (Å²) in [6.07, 6.45) is 0. The van der Waals surface area contributed by atoms with Gasteiger partial charge in [0, 0.05) is 36.3 Å². The minimum Gasteiger partial charge on any atom is -0.335 e. The molecule has 0 spiro atoms. The maximum absolute atomic E-state index is 12.4. The first-order valence-electron chi connectivity index (χ1n) is 6.97. The Morgan fingerprint density at radius 2 is 2.09 bits per heavy atom. The molecule has 5 nitrogen and oxygen atoms in total. The first kappa shape index (κ1) is 16.8. The van der Waals surface area contributed by atoms with E-state index in [0.717, 1.165) is 24.3 Å². The molecule has 22 heavy (non-hydrogen) atoms. The third-order valence-electron chi connectivity index (χ3n) is 3.60. The predicted molar refractivity (Wildman–Crippen MR) is 89.6 cm³/mol. The standard InChI is InChI=1S/C15H17ClN4O.ClH/c1-10-9-20(7-6-17-10)15(21)14-8-13(18-19-14)11-2-4-12(16)5-3-11;/h2-5,8,10,17H,6-7,9H2,1H3,(H,18,19);1H. The maximum Gasteiger partial charge on any atom is 0.271 e. The van der Waals surface area contributed by atoms with Crippen molar-refractivity contribution in [3.63, 3.8) is 0 Å². The van der Waals surface area contributed by atoms with Crippen LogP contribution in [0.1, 0.15) is 17.4 Å². The number of carbonyl (C=O) groups excluding carboxylic acids is 1. The van der Waals surface area contributed by atoms with Crippen LogP contribution < -0.4 is 5.32 Å². The van der Waals surface area contributed by atoms with Crippen molar-refractivity contribution in [2.45, 2.75) is 13.0 Å². The second-order valence-corrected chi connectivity index (χ2v) is 5.72. The lowest BCUT2D eigenvalue weighted by Crippen LogP contribution is -2.51. The summed E-state index contributed by atoms with van der Waals surface area (Å²) in [5.41, 5.74) is 2.20. The number of carbonyl (C=O) groups is 1. The Bertz CT molecular complexity index is 641. The van der Waals surface area contributed by atoms with E-state index in [9.17, 15) is 4.79 Å². The molecule has 1 aliphatic heterocycles. The van der Waals surface area contributed by atoms with Gasteiger partial charge in [0.2, 0.25) is 0 Å². The Hall–Kier alpha value is -1.56. The molecule has 1 aliphatic rings. The normalized spacial score (nSPS) is 17.9. The Kier molecular flexibility index (Phi) is 5.45. The highest BCUT2D eigenvalue weighted by Gasteiger charge is 2.23. The van der Waals surface area contributed by atoms with Gasteiger partial charge >= 0.3 is 0 Å². The summed E-state index contributed by atoms with van der Waals surface area (Å²) in [7, 11) is 0. The molecule has 2 heterocycles. The topological polar surface area (TPSA) is 61.0 Å². The Morgan fingerprint density at radius 1 is 1.36 bits per heavy atom. The van der Waals surface area contributed by atoms with E-state index in [4.69, 9.17) is 11.6 Å². The number of piperazine rings is 1. The summed E-state index contributed by atoms with van der Waals surface area (Å²) in [6, 6.07) is 9.51. The summed E-state index contributed by atoms with van der Waals surface area (Å²) in [5, 5.41) is 11.1. The average Bonchev–Trinajstić information content (AvgIpc) is 2.97. The zero-order valence-corrected chi connectivity index (χ0v) is 13.7. The number of nitrogens with one attached hydrogen (secondary N) is 2. The molecule has 2 N–H and O–H groups in total. The van der Waals surface area contributed by atoms with Gasteiger partial charge < -0.3 is 10.2 Å². The lowest BCUT2D eigenvalue weighted by Gasteiger charge is -2.31. The second-order valence-electron chi connectivity index (χ2n) is 5.28. The first-order valence-corrected chi connectivity index (χ1v) is 7.35. The van der Waals surface area contributed by atoms with Crippen LogP contribution in [0.4, 0.5) is 0 Å². The van der Waals surface area contributed by atoms with Crippen molar-refractivity contribution in [3.8, 4) is 11.3 Å². The van der Waals surface area contributed by atoms with Crippen molar-refractivity contribution >= 4 is 29.9 Å². The van der Waals surface area contributed by atoms with Crippen LogP contribution >= 0.6 is 24.0 Å². The number of aromatic amines is 1. The van der Waals surface area contributed by atoms with E-state index < -0.39 is 0 Å². The number of amides is 1. The predicted octanol–water partition coefficient (Wildman–Crippen LogP) is 2.59. The van der Waals surface area contributed by atoms with Gasteiger partial charge in [-0.15, -0.1) is 12.4 Å². The summed E-state index contributed by atoms with van der Waals surface area (Å²) < 4.78 is 0. The number of H-pyrrole nitrogens is 1. The number of hydrogen-bond donors (Lipinski definition) is 2. The van der Waals surface area contributed by atoms with Gasteiger partial charge in [0.15, 0.2) is 0 Å². The zero-order chi connectivity index (χ0) is 14.8. The van der Waals surface area contributed by atoms with Gasteiger partial charge in [0.25, 0.3) is 5.91 Å².